The number of nitrogens with zero attached hydrogens (tertiary/aromatic N) is 2. The van der Waals surface area contributed by atoms with Crippen molar-refractivity contribution in [1.82, 2.24) is 10.1 Å². The maximum atomic E-state index is 5.73. The Morgan fingerprint density at radius 3 is 2.71 bits per heavy atom. The molecule has 0 saturated carbocycles. The van der Waals surface area contributed by atoms with Gasteiger partial charge in [0.2, 0.25) is 11.7 Å². The van der Waals surface area contributed by atoms with Crippen LogP contribution in [0, 0.1) is 0 Å². The van der Waals surface area contributed by atoms with Crippen LogP contribution in [0.15, 0.2) is 28.8 Å². The van der Waals surface area contributed by atoms with Crippen LogP contribution in [-0.4, -0.2) is 10.1 Å². The molecule has 0 saturated heterocycles. The SMILES string of the molecule is CCC(CC)c1nc(-c2cccc(N)c2)no1. The van der Waals surface area contributed by atoms with Crippen LogP contribution in [-0.2, 0) is 0 Å². The highest BCUT2D eigenvalue weighted by molar-refractivity contribution is 5.60. The first-order valence-electron chi connectivity index (χ1n) is 5.94. The first kappa shape index (κ1) is 11.6. The lowest BCUT2D eigenvalue weighted by Crippen LogP contribution is -1.95. The van der Waals surface area contributed by atoms with Gasteiger partial charge in [-0.25, -0.2) is 0 Å². The summed E-state index contributed by atoms with van der Waals surface area (Å²) in [4.78, 5) is 4.43. The van der Waals surface area contributed by atoms with E-state index in [0.717, 1.165) is 18.4 Å². The molecule has 1 aromatic heterocycles. The molecule has 0 bridgehead atoms. The molecule has 0 atom stereocenters. The molecule has 1 aromatic carbocycles. The monoisotopic (exact) mass is 231 g/mol. The summed E-state index contributed by atoms with van der Waals surface area (Å²) >= 11 is 0. The highest BCUT2D eigenvalue weighted by Gasteiger charge is 2.16. The van der Waals surface area contributed by atoms with Crippen LogP contribution in [0.3, 0.4) is 0 Å². The fraction of sp³-hybridized carbons (Fsp3) is 0.385. The van der Waals surface area contributed by atoms with Gasteiger partial charge in [-0.2, -0.15) is 4.98 Å². The van der Waals surface area contributed by atoms with Crippen LogP contribution in [0.1, 0.15) is 38.5 Å². The smallest absolute Gasteiger partial charge is 0.230 e. The van der Waals surface area contributed by atoms with Crippen molar-refractivity contribution in [3.05, 3.63) is 30.2 Å². The van der Waals surface area contributed by atoms with E-state index in [1.54, 1.807) is 0 Å². The molecule has 0 radical (unpaired) electrons. The molecular weight excluding hydrogens is 214 g/mol. The minimum absolute atomic E-state index is 0.345. The molecule has 2 N–H and O–H groups in total. The Morgan fingerprint density at radius 1 is 1.29 bits per heavy atom. The molecule has 4 heteroatoms. The lowest BCUT2D eigenvalue weighted by atomic mass is 10.0. The molecule has 4 nitrogen and oxygen atoms in total. The van der Waals surface area contributed by atoms with Crippen LogP contribution in [0.5, 0.6) is 0 Å². The van der Waals surface area contributed by atoms with Crippen LogP contribution in [0.4, 0.5) is 5.69 Å². The van der Waals surface area contributed by atoms with Crippen molar-refractivity contribution < 1.29 is 4.52 Å². The molecule has 0 amide bonds. The second kappa shape index (κ2) is 4.99. The van der Waals surface area contributed by atoms with E-state index >= 15 is 0 Å². The van der Waals surface area contributed by atoms with E-state index < -0.39 is 0 Å². The standard InChI is InChI=1S/C13H17N3O/c1-3-9(4-2)13-15-12(16-17-13)10-6-5-7-11(14)8-10/h5-9H,3-4,14H2,1-2H3. The second-order valence-corrected chi connectivity index (χ2v) is 4.10. The van der Waals surface area contributed by atoms with Gasteiger partial charge in [0.15, 0.2) is 0 Å². The number of aromatic nitrogens is 2. The van der Waals surface area contributed by atoms with Gasteiger partial charge >= 0.3 is 0 Å². The van der Waals surface area contributed by atoms with E-state index in [4.69, 9.17) is 10.3 Å². The summed E-state index contributed by atoms with van der Waals surface area (Å²) in [5.41, 5.74) is 7.33. The second-order valence-electron chi connectivity index (χ2n) is 4.10. The maximum absolute atomic E-state index is 5.73. The molecule has 90 valence electrons. The summed E-state index contributed by atoms with van der Waals surface area (Å²) < 4.78 is 5.30. The predicted octanol–water partition coefficient (Wildman–Crippen LogP) is 3.22. The van der Waals surface area contributed by atoms with Crippen LogP contribution in [0.2, 0.25) is 0 Å². The van der Waals surface area contributed by atoms with E-state index in [1.807, 2.05) is 24.3 Å². The highest BCUT2D eigenvalue weighted by Crippen LogP contribution is 2.24. The Balaban J connectivity index is 2.29. The fourth-order valence-corrected chi connectivity index (χ4v) is 1.83. The molecule has 0 aliphatic rings. The van der Waals surface area contributed by atoms with E-state index in [-0.39, 0.29) is 0 Å². The number of benzene rings is 1. The molecule has 2 rings (SSSR count). The minimum atomic E-state index is 0.345. The van der Waals surface area contributed by atoms with Gasteiger partial charge in [-0.05, 0) is 25.0 Å². The summed E-state index contributed by atoms with van der Waals surface area (Å²) in [5.74, 6) is 1.67. The third-order valence-electron chi connectivity index (χ3n) is 2.92. The Kier molecular flexibility index (Phi) is 3.42. The van der Waals surface area contributed by atoms with Crippen molar-refractivity contribution in [1.29, 1.82) is 0 Å². The van der Waals surface area contributed by atoms with Gasteiger partial charge in [-0.15, -0.1) is 0 Å². The fourth-order valence-electron chi connectivity index (χ4n) is 1.83. The van der Waals surface area contributed by atoms with Crippen molar-refractivity contribution in [3.63, 3.8) is 0 Å². The maximum Gasteiger partial charge on any atom is 0.230 e. The van der Waals surface area contributed by atoms with Gasteiger partial charge < -0.3 is 10.3 Å². The molecule has 2 aromatic rings. The van der Waals surface area contributed by atoms with E-state index in [1.165, 1.54) is 0 Å². The Hall–Kier alpha value is -1.84. The molecule has 0 unspecified atom stereocenters. The number of anilines is 1. The molecule has 0 spiro atoms. The zero-order valence-corrected chi connectivity index (χ0v) is 10.2. The number of hydrogen-bond donors (Lipinski definition) is 1. The Morgan fingerprint density at radius 2 is 2.06 bits per heavy atom. The highest BCUT2D eigenvalue weighted by atomic mass is 16.5. The zero-order valence-electron chi connectivity index (χ0n) is 10.2. The van der Waals surface area contributed by atoms with Gasteiger partial charge in [0.05, 0.1) is 0 Å². The van der Waals surface area contributed by atoms with Gasteiger partial charge in [0, 0.05) is 17.2 Å². The Labute approximate surface area is 101 Å². The number of nitrogens with two attached hydrogens (primary N) is 1. The van der Waals surface area contributed by atoms with Crippen LogP contribution < -0.4 is 5.73 Å². The minimum Gasteiger partial charge on any atom is -0.399 e. The van der Waals surface area contributed by atoms with Crippen molar-refractivity contribution >= 4 is 5.69 Å². The van der Waals surface area contributed by atoms with Gasteiger partial charge in [0.1, 0.15) is 0 Å². The average Bonchev–Trinajstić information content (AvgIpc) is 2.80. The Bertz CT molecular complexity index is 489. The van der Waals surface area contributed by atoms with Crippen molar-refractivity contribution in [2.75, 3.05) is 5.73 Å². The van der Waals surface area contributed by atoms with Crippen LogP contribution in [0.25, 0.3) is 11.4 Å². The molecule has 0 aliphatic carbocycles. The van der Waals surface area contributed by atoms with Crippen LogP contribution >= 0.6 is 0 Å². The summed E-state index contributed by atoms with van der Waals surface area (Å²) in [5, 5.41) is 4.00. The third kappa shape index (κ3) is 2.46. The van der Waals surface area contributed by atoms with Gasteiger partial charge in [-0.3, -0.25) is 0 Å². The predicted molar refractivity (Wildman–Crippen MR) is 67.5 cm³/mol. The molecule has 0 aliphatic heterocycles. The van der Waals surface area contributed by atoms with E-state index in [0.29, 0.717) is 23.3 Å². The topological polar surface area (TPSA) is 64.9 Å². The number of rotatable bonds is 4. The van der Waals surface area contributed by atoms with E-state index in [9.17, 15) is 0 Å². The van der Waals surface area contributed by atoms with E-state index in [2.05, 4.69) is 24.0 Å². The van der Waals surface area contributed by atoms with Crippen molar-refractivity contribution in [3.8, 4) is 11.4 Å². The zero-order chi connectivity index (χ0) is 12.3. The lowest BCUT2D eigenvalue weighted by Gasteiger charge is -2.04. The molecule has 17 heavy (non-hydrogen) atoms. The quantitative estimate of drug-likeness (QED) is 0.820. The molecule has 1 heterocycles. The summed E-state index contributed by atoms with van der Waals surface area (Å²) in [6.45, 7) is 4.25. The number of hydrogen-bond acceptors (Lipinski definition) is 4. The molecular formula is C13H17N3O. The average molecular weight is 231 g/mol. The van der Waals surface area contributed by atoms with Crippen molar-refractivity contribution in [2.45, 2.75) is 32.6 Å². The molecule has 0 fully saturated rings. The summed E-state index contributed by atoms with van der Waals surface area (Å²) in [6.07, 6.45) is 2.02. The summed E-state index contributed by atoms with van der Waals surface area (Å²) in [7, 11) is 0. The number of nitrogen functional groups attached to an aromatic ring is 1. The lowest BCUT2D eigenvalue weighted by molar-refractivity contribution is 0.346. The first-order chi connectivity index (χ1) is 8.24. The third-order valence-corrected chi connectivity index (χ3v) is 2.92. The van der Waals surface area contributed by atoms with Gasteiger partial charge in [-0.1, -0.05) is 31.1 Å². The van der Waals surface area contributed by atoms with Crippen molar-refractivity contribution in [2.24, 2.45) is 0 Å². The first-order valence-corrected chi connectivity index (χ1v) is 5.94. The van der Waals surface area contributed by atoms with Gasteiger partial charge in [0.25, 0.3) is 0 Å². The summed E-state index contributed by atoms with van der Waals surface area (Å²) in [6, 6.07) is 7.50. The normalized spacial score (nSPS) is 11.0. The largest absolute Gasteiger partial charge is 0.399 e.